The number of sulfonamides is 1. The molecule has 1 saturated heterocycles. The molecule has 7 heteroatoms. The Bertz CT molecular complexity index is 458. The van der Waals surface area contributed by atoms with Gasteiger partial charge in [-0.3, -0.25) is 4.79 Å². The zero-order valence-corrected chi connectivity index (χ0v) is 13.4. The number of nitrogens with zero attached hydrogens (tertiary/aromatic N) is 2. The van der Waals surface area contributed by atoms with Crippen molar-refractivity contribution in [2.24, 2.45) is 0 Å². The van der Waals surface area contributed by atoms with Gasteiger partial charge >= 0.3 is 0 Å². The van der Waals surface area contributed by atoms with Crippen molar-refractivity contribution in [3.05, 3.63) is 25.3 Å². The van der Waals surface area contributed by atoms with Gasteiger partial charge in [-0.25, -0.2) is 12.7 Å². The average Bonchev–Trinajstić information content (AvgIpc) is 2.44. The Kier molecular flexibility index (Phi) is 7.07. The Labute approximate surface area is 127 Å². The number of carbonyl (C=O) groups is 1. The first-order valence-corrected chi connectivity index (χ1v) is 8.91. The van der Waals surface area contributed by atoms with Crippen LogP contribution >= 0.6 is 0 Å². The first-order chi connectivity index (χ1) is 9.88. The van der Waals surface area contributed by atoms with Gasteiger partial charge in [0, 0.05) is 32.2 Å². The molecule has 1 aliphatic rings. The number of amides is 1. The zero-order valence-electron chi connectivity index (χ0n) is 12.6. The summed E-state index contributed by atoms with van der Waals surface area (Å²) in [6.45, 7) is 9.54. The van der Waals surface area contributed by atoms with Gasteiger partial charge in [0.25, 0.3) is 0 Å². The molecule has 0 aromatic heterocycles. The maximum absolute atomic E-state index is 12.1. The summed E-state index contributed by atoms with van der Waals surface area (Å²) >= 11 is 0. The normalized spacial score (nSPS) is 17.4. The summed E-state index contributed by atoms with van der Waals surface area (Å²) in [4.78, 5) is 13.7. The van der Waals surface area contributed by atoms with Crippen LogP contribution in [0.15, 0.2) is 25.3 Å². The van der Waals surface area contributed by atoms with E-state index in [0.717, 1.165) is 12.8 Å². The van der Waals surface area contributed by atoms with Crippen LogP contribution < -0.4 is 5.32 Å². The van der Waals surface area contributed by atoms with Crippen molar-refractivity contribution in [1.29, 1.82) is 0 Å². The van der Waals surface area contributed by atoms with Crippen LogP contribution in [0.4, 0.5) is 0 Å². The van der Waals surface area contributed by atoms with E-state index in [2.05, 4.69) is 18.5 Å². The van der Waals surface area contributed by atoms with E-state index in [4.69, 9.17) is 0 Å². The molecular formula is C14H25N3O3S. The molecule has 1 amide bonds. The maximum atomic E-state index is 12.1. The van der Waals surface area contributed by atoms with E-state index in [1.54, 1.807) is 17.1 Å². The maximum Gasteiger partial charge on any atom is 0.237 e. The first-order valence-electron chi connectivity index (χ1n) is 7.06. The summed E-state index contributed by atoms with van der Waals surface area (Å²) < 4.78 is 24.3. The number of hydrogen-bond acceptors (Lipinski definition) is 4. The molecular weight excluding hydrogens is 290 g/mol. The zero-order chi connectivity index (χ0) is 15.9. The SMILES string of the molecule is C=CCN(CC=C)C(=O)CNC1CCN(S(C)(=O)=O)CC1. The number of piperidine rings is 1. The Morgan fingerprint density at radius 1 is 1.29 bits per heavy atom. The lowest BCUT2D eigenvalue weighted by Crippen LogP contribution is -2.47. The highest BCUT2D eigenvalue weighted by Gasteiger charge is 2.25. The second kappa shape index (κ2) is 8.31. The Balaban J connectivity index is 2.37. The number of carbonyl (C=O) groups excluding carboxylic acids is 1. The van der Waals surface area contributed by atoms with Crippen LogP contribution in [0.5, 0.6) is 0 Å². The van der Waals surface area contributed by atoms with Gasteiger partial charge in [-0.1, -0.05) is 12.2 Å². The molecule has 1 N–H and O–H groups in total. The van der Waals surface area contributed by atoms with Crippen LogP contribution in [0.2, 0.25) is 0 Å². The van der Waals surface area contributed by atoms with Crippen molar-refractivity contribution in [2.75, 3.05) is 39.0 Å². The summed E-state index contributed by atoms with van der Waals surface area (Å²) in [6.07, 6.45) is 6.05. The standard InChI is InChI=1S/C14H25N3O3S/c1-4-8-16(9-5-2)14(18)12-15-13-6-10-17(11-7-13)21(3,19)20/h4-5,13,15H,1-2,6-12H2,3H3. The largest absolute Gasteiger partial charge is 0.334 e. The van der Waals surface area contributed by atoms with Gasteiger partial charge in [0.1, 0.15) is 0 Å². The highest BCUT2D eigenvalue weighted by atomic mass is 32.2. The highest BCUT2D eigenvalue weighted by Crippen LogP contribution is 2.12. The number of nitrogens with one attached hydrogen (secondary N) is 1. The van der Waals surface area contributed by atoms with E-state index >= 15 is 0 Å². The molecule has 0 aliphatic carbocycles. The molecule has 0 aromatic rings. The van der Waals surface area contributed by atoms with Gasteiger partial charge in [0.2, 0.25) is 15.9 Å². The van der Waals surface area contributed by atoms with Crippen molar-refractivity contribution < 1.29 is 13.2 Å². The van der Waals surface area contributed by atoms with Crippen LogP contribution in [0, 0.1) is 0 Å². The van der Waals surface area contributed by atoms with E-state index in [1.165, 1.54) is 10.6 Å². The lowest BCUT2D eigenvalue weighted by molar-refractivity contribution is -0.129. The van der Waals surface area contributed by atoms with Crippen LogP contribution in [0.1, 0.15) is 12.8 Å². The third-order valence-corrected chi connectivity index (χ3v) is 4.82. The Hall–Kier alpha value is -1.18. The van der Waals surface area contributed by atoms with E-state index in [1.807, 2.05) is 0 Å². The lowest BCUT2D eigenvalue weighted by atomic mass is 10.1. The molecule has 1 heterocycles. The minimum atomic E-state index is -3.10. The van der Waals surface area contributed by atoms with Gasteiger partial charge in [-0.05, 0) is 12.8 Å². The quantitative estimate of drug-likeness (QED) is 0.650. The van der Waals surface area contributed by atoms with E-state index < -0.39 is 10.0 Å². The molecule has 0 saturated carbocycles. The molecule has 0 radical (unpaired) electrons. The topological polar surface area (TPSA) is 69.7 Å². The average molecular weight is 315 g/mol. The summed E-state index contributed by atoms with van der Waals surface area (Å²) in [6, 6.07) is 0.182. The number of hydrogen-bond donors (Lipinski definition) is 1. The number of rotatable bonds is 8. The molecule has 1 fully saturated rings. The fraction of sp³-hybridized carbons (Fsp3) is 0.643. The fourth-order valence-corrected chi connectivity index (χ4v) is 3.20. The van der Waals surface area contributed by atoms with Gasteiger partial charge in [0.15, 0.2) is 0 Å². The van der Waals surface area contributed by atoms with E-state index in [0.29, 0.717) is 26.2 Å². The van der Waals surface area contributed by atoms with Crippen molar-refractivity contribution in [2.45, 2.75) is 18.9 Å². The van der Waals surface area contributed by atoms with Crippen molar-refractivity contribution in [3.63, 3.8) is 0 Å². The summed E-state index contributed by atoms with van der Waals surface area (Å²) in [5.74, 6) is 0.000317. The summed E-state index contributed by atoms with van der Waals surface area (Å²) in [5.41, 5.74) is 0. The van der Waals surface area contributed by atoms with Gasteiger partial charge in [-0.2, -0.15) is 0 Å². The van der Waals surface area contributed by atoms with Crippen molar-refractivity contribution >= 4 is 15.9 Å². The molecule has 6 nitrogen and oxygen atoms in total. The van der Waals surface area contributed by atoms with Crippen LogP contribution in [0.3, 0.4) is 0 Å². The minimum Gasteiger partial charge on any atom is -0.334 e. The predicted molar refractivity (Wildman–Crippen MR) is 84.4 cm³/mol. The van der Waals surface area contributed by atoms with Crippen LogP contribution in [0.25, 0.3) is 0 Å². The van der Waals surface area contributed by atoms with Crippen LogP contribution in [-0.4, -0.2) is 68.6 Å². The Morgan fingerprint density at radius 2 is 1.81 bits per heavy atom. The molecule has 1 aliphatic heterocycles. The van der Waals surface area contributed by atoms with E-state index in [9.17, 15) is 13.2 Å². The second-order valence-electron chi connectivity index (χ2n) is 5.19. The second-order valence-corrected chi connectivity index (χ2v) is 7.18. The lowest BCUT2D eigenvalue weighted by Gasteiger charge is -2.31. The third-order valence-electron chi connectivity index (χ3n) is 3.52. The molecule has 0 spiro atoms. The minimum absolute atomic E-state index is 0.000317. The molecule has 0 aromatic carbocycles. The van der Waals surface area contributed by atoms with Crippen molar-refractivity contribution in [1.82, 2.24) is 14.5 Å². The molecule has 0 atom stereocenters. The first kappa shape index (κ1) is 17.9. The molecule has 0 bridgehead atoms. The van der Waals surface area contributed by atoms with Gasteiger partial charge in [-0.15, -0.1) is 13.2 Å². The summed E-state index contributed by atoms with van der Waals surface area (Å²) in [5, 5.41) is 3.21. The predicted octanol–water partition coefficient (Wildman–Crippen LogP) is 0.201. The highest BCUT2D eigenvalue weighted by molar-refractivity contribution is 7.88. The molecule has 0 unspecified atom stereocenters. The van der Waals surface area contributed by atoms with E-state index in [-0.39, 0.29) is 18.5 Å². The molecule has 1 rings (SSSR count). The third kappa shape index (κ3) is 5.99. The fourth-order valence-electron chi connectivity index (χ4n) is 2.32. The van der Waals surface area contributed by atoms with Gasteiger partial charge in [0.05, 0.1) is 12.8 Å². The smallest absolute Gasteiger partial charge is 0.237 e. The van der Waals surface area contributed by atoms with Crippen molar-refractivity contribution in [3.8, 4) is 0 Å². The summed E-state index contributed by atoms with van der Waals surface area (Å²) in [7, 11) is -3.10. The van der Waals surface area contributed by atoms with Gasteiger partial charge < -0.3 is 10.2 Å². The Morgan fingerprint density at radius 3 is 2.24 bits per heavy atom. The monoisotopic (exact) mass is 315 g/mol. The van der Waals surface area contributed by atoms with Crippen LogP contribution in [-0.2, 0) is 14.8 Å². The molecule has 120 valence electrons. The molecule has 21 heavy (non-hydrogen) atoms.